The minimum absolute atomic E-state index is 0.0815. The summed E-state index contributed by atoms with van der Waals surface area (Å²) in [4.78, 5) is 26.7. The van der Waals surface area contributed by atoms with Crippen molar-refractivity contribution in [3.63, 3.8) is 0 Å². The van der Waals surface area contributed by atoms with Crippen LogP contribution in [0.3, 0.4) is 0 Å². The number of fused-ring (bicyclic) bond motifs is 2. The van der Waals surface area contributed by atoms with Crippen molar-refractivity contribution in [1.82, 2.24) is 0 Å². The van der Waals surface area contributed by atoms with Crippen LogP contribution < -0.4 is 14.2 Å². The average molecular weight is 492 g/mol. The molecule has 0 spiro atoms. The van der Waals surface area contributed by atoms with Crippen molar-refractivity contribution < 1.29 is 59.2 Å². The molecule has 12 heteroatoms. The first-order valence-electron chi connectivity index (χ1n) is 10.5. The van der Waals surface area contributed by atoms with Crippen molar-refractivity contribution in [2.45, 2.75) is 37.6 Å². The number of ketones is 2. The maximum Gasteiger partial charge on any atom is 0.229 e. The molecule has 0 saturated carbocycles. The summed E-state index contributed by atoms with van der Waals surface area (Å²) in [6.45, 7) is 0.848. The van der Waals surface area contributed by atoms with E-state index >= 15 is 0 Å². The molecule has 0 aromatic heterocycles. The SMILES string of the molecule is COc1c(O)cc2c(c1O)C(=O)c1c(cc(C)c(O[C@@H]3O[C@H](CO)[C@@H](O)[C@H](O)[C@H]3O)c1OC)C2=O. The van der Waals surface area contributed by atoms with Crippen LogP contribution in [0.15, 0.2) is 12.1 Å². The van der Waals surface area contributed by atoms with Gasteiger partial charge in [0.15, 0.2) is 28.8 Å². The third kappa shape index (κ3) is 3.66. The normalized spacial score (nSPS) is 25.6. The second-order valence-electron chi connectivity index (χ2n) is 8.15. The number of methoxy groups -OCH3 is 2. The van der Waals surface area contributed by atoms with E-state index in [9.17, 15) is 40.2 Å². The van der Waals surface area contributed by atoms with E-state index in [1.807, 2.05) is 0 Å². The van der Waals surface area contributed by atoms with E-state index in [0.717, 1.165) is 6.07 Å². The van der Waals surface area contributed by atoms with Gasteiger partial charge in [-0.2, -0.15) is 0 Å². The third-order valence-corrected chi connectivity index (χ3v) is 6.09. The zero-order valence-electron chi connectivity index (χ0n) is 18.9. The van der Waals surface area contributed by atoms with Crippen LogP contribution in [0.4, 0.5) is 0 Å². The molecule has 12 nitrogen and oxygen atoms in total. The van der Waals surface area contributed by atoms with Crippen LogP contribution in [0.25, 0.3) is 0 Å². The zero-order chi connectivity index (χ0) is 25.8. The second kappa shape index (κ2) is 8.98. The molecule has 2 aromatic carbocycles. The predicted molar refractivity (Wildman–Crippen MR) is 115 cm³/mol. The van der Waals surface area contributed by atoms with E-state index in [1.165, 1.54) is 27.2 Å². The molecular weight excluding hydrogens is 468 g/mol. The summed E-state index contributed by atoms with van der Waals surface area (Å²) in [5, 5.41) is 60.5. The first-order valence-corrected chi connectivity index (χ1v) is 10.5. The molecule has 0 amide bonds. The maximum atomic E-state index is 13.5. The van der Waals surface area contributed by atoms with Crippen molar-refractivity contribution >= 4 is 11.6 Å². The Morgan fingerprint density at radius 3 is 2.09 bits per heavy atom. The van der Waals surface area contributed by atoms with Crippen molar-refractivity contribution in [2.24, 2.45) is 0 Å². The molecule has 2 aromatic rings. The average Bonchev–Trinajstić information content (AvgIpc) is 2.83. The Balaban J connectivity index is 1.84. The molecule has 1 aliphatic heterocycles. The standard InChI is InChI=1S/C23H24O12/c1-7-4-8-13(16(28)12-9(14(8)26)5-10(25)21(32-2)17(12)29)22(33-3)20(7)35-23-19(31)18(30)15(27)11(6-24)34-23/h4-5,11,15,18-19,23-25,27,29-31H,6H2,1-3H3/t11-,15-,18+,19-,23+/m1/s1. The Morgan fingerprint density at radius 1 is 0.857 bits per heavy atom. The Kier molecular flexibility index (Phi) is 6.34. The fraction of sp³-hybridized carbons (Fsp3) is 0.391. The van der Waals surface area contributed by atoms with Crippen LogP contribution in [0.2, 0.25) is 0 Å². The monoisotopic (exact) mass is 492 g/mol. The van der Waals surface area contributed by atoms with Gasteiger partial charge in [0.2, 0.25) is 17.8 Å². The van der Waals surface area contributed by atoms with Crippen molar-refractivity contribution in [1.29, 1.82) is 0 Å². The number of aliphatic hydroxyl groups excluding tert-OH is 4. The van der Waals surface area contributed by atoms with Crippen molar-refractivity contribution in [2.75, 3.05) is 20.8 Å². The first kappa shape index (κ1) is 24.7. The van der Waals surface area contributed by atoms with E-state index in [0.29, 0.717) is 0 Å². The molecule has 1 saturated heterocycles. The molecule has 2 aliphatic rings. The van der Waals surface area contributed by atoms with Gasteiger partial charge in [-0.25, -0.2) is 0 Å². The molecule has 0 bridgehead atoms. The van der Waals surface area contributed by atoms with E-state index in [4.69, 9.17) is 18.9 Å². The molecule has 5 atom stereocenters. The lowest BCUT2D eigenvalue weighted by atomic mass is 9.81. The molecule has 1 aliphatic carbocycles. The number of aryl methyl sites for hydroxylation is 1. The van der Waals surface area contributed by atoms with Crippen molar-refractivity contribution in [3.8, 4) is 28.7 Å². The maximum absolute atomic E-state index is 13.5. The number of rotatable bonds is 5. The number of carbonyl (C=O) groups excluding carboxylic acids is 2. The van der Waals surface area contributed by atoms with Gasteiger partial charge in [0.25, 0.3) is 0 Å². The summed E-state index contributed by atoms with van der Waals surface area (Å²) in [7, 11) is 2.38. The highest BCUT2D eigenvalue weighted by atomic mass is 16.7. The topological polar surface area (TPSA) is 192 Å². The van der Waals surface area contributed by atoms with Crippen LogP contribution in [-0.2, 0) is 4.74 Å². The van der Waals surface area contributed by atoms with Gasteiger partial charge in [0, 0.05) is 11.1 Å². The summed E-state index contributed by atoms with van der Waals surface area (Å²) in [6, 6.07) is 2.36. The van der Waals surface area contributed by atoms with Gasteiger partial charge in [-0.3, -0.25) is 9.59 Å². The van der Waals surface area contributed by atoms with Gasteiger partial charge in [-0.15, -0.1) is 0 Å². The lowest BCUT2D eigenvalue weighted by Gasteiger charge is -2.40. The number of ether oxygens (including phenoxy) is 4. The van der Waals surface area contributed by atoms with Gasteiger partial charge in [0.1, 0.15) is 24.4 Å². The van der Waals surface area contributed by atoms with Gasteiger partial charge >= 0.3 is 0 Å². The summed E-state index contributed by atoms with van der Waals surface area (Å²) in [5.74, 6) is -3.48. The second-order valence-corrected chi connectivity index (χ2v) is 8.15. The van der Waals surface area contributed by atoms with Crippen LogP contribution in [0.1, 0.15) is 37.4 Å². The number of aromatic hydroxyl groups is 2. The summed E-state index contributed by atoms with van der Waals surface area (Å²) >= 11 is 0. The molecule has 4 rings (SSSR count). The van der Waals surface area contributed by atoms with Crippen LogP contribution >= 0.6 is 0 Å². The Labute approximate surface area is 198 Å². The number of benzene rings is 2. The first-order chi connectivity index (χ1) is 16.6. The van der Waals surface area contributed by atoms with Crippen LogP contribution in [0.5, 0.6) is 28.7 Å². The molecule has 1 fully saturated rings. The van der Waals surface area contributed by atoms with E-state index in [-0.39, 0.29) is 33.8 Å². The molecule has 6 N–H and O–H groups in total. The fourth-order valence-electron chi connectivity index (χ4n) is 4.31. The van der Waals surface area contributed by atoms with Crippen LogP contribution in [0, 0.1) is 6.92 Å². The highest BCUT2D eigenvalue weighted by Crippen LogP contribution is 2.48. The molecule has 188 valence electrons. The number of phenols is 2. The molecular formula is C23H24O12. The van der Waals surface area contributed by atoms with E-state index in [2.05, 4.69) is 0 Å². The lowest BCUT2D eigenvalue weighted by molar-refractivity contribution is -0.277. The predicted octanol–water partition coefficient (Wildman–Crippen LogP) is -0.622. The Morgan fingerprint density at radius 2 is 1.49 bits per heavy atom. The van der Waals surface area contributed by atoms with Crippen molar-refractivity contribution in [3.05, 3.63) is 39.9 Å². The van der Waals surface area contributed by atoms with Gasteiger partial charge in [-0.1, -0.05) is 0 Å². The minimum Gasteiger partial charge on any atom is -0.504 e. The molecule has 35 heavy (non-hydrogen) atoms. The largest absolute Gasteiger partial charge is 0.504 e. The van der Waals surface area contributed by atoms with E-state index < -0.39 is 71.7 Å². The molecule has 1 heterocycles. The number of hydrogen-bond donors (Lipinski definition) is 6. The number of aliphatic hydroxyl groups is 4. The van der Waals surface area contributed by atoms with Gasteiger partial charge < -0.3 is 49.6 Å². The van der Waals surface area contributed by atoms with E-state index in [1.54, 1.807) is 0 Å². The zero-order valence-corrected chi connectivity index (χ0v) is 18.9. The summed E-state index contributed by atoms with van der Waals surface area (Å²) in [5.41, 5.74) is -0.690. The van der Waals surface area contributed by atoms with Gasteiger partial charge in [-0.05, 0) is 24.6 Å². The quantitative estimate of drug-likeness (QED) is 0.265. The Hall–Kier alpha value is -3.42. The number of hydrogen-bond acceptors (Lipinski definition) is 12. The summed E-state index contributed by atoms with van der Waals surface area (Å²) < 4.78 is 21.4. The highest BCUT2D eigenvalue weighted by Gasteiger charge is 2.46. The fourth-order valence-corrected chi connectivity index (χ4v) is 4.31. The number of phenolic OH excluding ortho intramolecular Hbond substituents is 2. The minimum atomic E-state index is -1.73. The molecule has 0 radical (unpaired) electrons. The molecule has 0 unspecified atom stereocenters. The third-order valence-electron chi connectivity index (χ3n) is 6.09. The smallest absolute Gasteiger partial charge is 0.229 e. The highest BCUT2D eigenvalue weighted by molar-refractivity contribution is 6.31. The number of carbonyl (C=O) groups is 2. The van der Waals surface area contributed by atoms with Crippen LogP contribution in [-0.4, -0.2) is 93.7 Å². The summed E-state index contributed by atoms with van der Waals surface area (Å²) in [6.07, 6.45) is -7.87. The lowest BCUT2D eigenvalue weighted by Crippen LogP contribution is -2.60. The van der Waals surface area contributed by atoms with Gasteiger partial charge in [0.05, 0.1) is 32.0 Å². The Bertz CT molecular complexity index is 1200.